The molecular weight excluding hydrogens is 180 g/mol. The van der Waals surface area contributed by atoms with Crippen LogP contribution in [0.15, 0.2) is 24.3 Å². The van der Waals surface area contributed by atoms with Gasteiger partial charge in [0.15, 0.2) is 0 Å². The Morgan fingerprint density at radius 3 is 2.08 bits per heavy atom. The molecule has 1 unspecified atom stereocenters. The van der Waals surface area contributed by atoms with Gasteiger partial charge in [0.1, 0.15) is 0 Å². The molecule has 0 heterocycles. The summed E-state index contributed by atoms with van der Waals surface area (Å²) in [5.74, 6) is 1.36. The lowest BCUT2D eigenvalue weighted by atomic mass is 9.86. The molecule has 1 aromatic carbocycles. The minimum absolute atomic E-state index is 0.664. The van der Waals surface area contributed by atoms with E-state index in [4.69, 9.17) is 11.6 Å². The number of hydrogen-bond acceptors (Lipinski definition) is 0. The summed E-state index contributed by atoms with van der Waals surface area (Å²) in [5.41, 5.74) is 1.40. The van der Waals surface area contributed by atoms with E-state index in [1.54, 1.807) is 0 Å². The zero-order valence-corrected chi connectivity index (χ0v) is 9.31. The van der Waals surface area contributed by atoms with Crippen molar-refractivity contribution in [2.75, 3.05) is 0 Å². The van der Waals surface area contributed by atoms with Crippen molar-refractivity contribution in [2.24, 2.45) is 5.92 Å². The Bertz CT molecular complexity index is 248. The van der Waals surface area contributed by atoms with Crippen LogP contribution in [0.4, 0.5) is 0 Å². The fourth-order valence-electron chi connectivity index (χ4n) is 1.80. The first-order chi connectivity index (χ1) is 6.15. The highest BCUT2D eigenvalue weighted by Crippen LogP contribution is 2.28. The first-order valence-corrected chi connectivity index (χ1v) is 5.28. The van der Waals surface area contributed by atoms with Gasteiger partial charge in [-0.1, -0.05) is 44.5 Å². The van der Waals surface area contributed by atoms with E-state index in [1.807, 2.05) is 12.1 Å². The van der Waals surface area contributed by atoms with Crippen LogP contribution in [0.5, 0.6) is 0 Å². The van der Waals surface area contributed by atoms with Gasteiger partial charge in [0.05, 0.1) is 0 Å². The molecule has 0 bridgehead atoms. The van der Waals surface area contributed by atoms with Crippen molar-refractivity contribution in [1.29, 1.82) is 0 Å². The second-order valence-corrected chi connectivity index (χ2v) is 4.25. The molecule has 0 aliphatic carbocycles. The average Bonchev–Trinajstić information content (AvgIpc) is 2.09. The Morgan fingerprint density at radius 1 is 1.15 bits per heavy atom. The standard InChI is InChI=1S/C12H17Cl/c1-4-12(9(2)3)10-5-7-11(13)8-6-10/h5-9,12H,4H2,1-3H3. The second-order valence-electron chi connectivity index (χ2n) is 3.81. The van der Waals surface area contributed by atoms with Crippen LogP contribution in [0.25, 0.3) is 0 Å². The summed E-state index contributed by atoms with van der Waals surface area (Å²) < 4.78 is 0. The van der Waals surface area contributed by atoms with Crippen LogP contribution >= 0.6 is 11.6 Å². The lowest BCUT2D eigenvalue weighted by Gasteiger charge is -2.19. The predicted molar refractivity (Wildman–Crippen MR) is 59.3 cm³/mol. The normalized spacial score (nSPS) is 13.3. The van der Waals surface area contributed by atoms with Crippen molar-refractivity contribution in [3.8, 4) is 0 Å². The van der Waals surface area contributed by atoms with E-state index in [9.17, 15) is 0 Å². The van der Waals surface area contributed by atoms with Gasteiger partial charge in [0, 0.05) is 5.02 Å². The maximum Gasteiger partial charge on any atom is 0.0406 e. The van der Waals surface area contributed by atoms with E-state index < -0.39 is 0 Å². The average molecular weight is 197 g/mol. The third-order valence-corrected chi connectivity index (χ3v) is 2.79. The lowest BCUT2D eigenvalue weighted by Crippen LogP contribution is -2.04. The molecule has 1 heteroatoms. The Morgan fingerprint density at radius 2 is 1.69 bits per heavy atom. The fraction of sp³-hybridized carbons (Fsp3) is 0.500. The van der Waals surface area contributed by atoms with Crippen LogP contribution < -0.4 is 0 Å². The van der Waals surface area contributed by atoms with E-state index in [-0.39, 0.29) is 0 Å². The minimum atomic E-state index is 0.664. The lowest BCUT2D eigenvalue weighted by molar-refractivity contribution is 0.485. The molecule has 0 nitrogen and oxygen atoms in total. The topological polar surface area (TPSA) is 0 Å². The quantitative estimate of drug-likeness (QED) is 0.668. The fourth-order valence-corrected chi connectivity index (χ4v) is 1.93. The molecule has 0 saturated heterocycles. The summed E-state index contributed by atoms with van der Waals surface area (Å²) in [6, 6.07) is 8.22. The molecule has 1 rings (SSSR count). The van der Waals surface area contributed by atoms with Crippen molar-refractivity contribution < 1.29 is 0 Å². The van der Waals surface area contributed by atoms with Gasteiger partial charge in [-0.3, -0.25) is 0 Å². The molecule has 13 heavy (non-hydrogen) atoms. The summed E-state index contributed by atoms with van der Waals surface area (Å²) in [7, 11) is 0. The van der Waals surface area contributed by atoms with E-state index in [0.717, 1.165) is 5.02 Å². The maximum atomic E-state index is 5.84. The molecule has 0 spiro atoms. The van der Waals surface area contributed by atoms with Crippen LogP contribution in [-0.2, 0) is 0 Å². The SMILES string of the molecule is CCC(c1ccc(Cl)cc1)C(C)C. The first kappa shape index (κ1) is 10.6. The Kier molecular flexibility index (Phi) is 3.80. The van der Waals surface area contributed by atoms with Crippen molar-refractivity contribution in [1.82, 2.24) is 0 Å². The van der Waals surface area contributed by atoms with Crippen LogP contribution in [0.2, 0.25) is 5.02 Å². The molecule has 1 atom stereocenters. The molecule has 0 fully saturated rings. The third kappa shape index (κ3) is 2.73. The van der Waals surface area contributed by atoms with Gasteiger partial charge in [0.2, 0.25) is 0 Å². The van der Waals surface area contributed by atoms with Crippen molar-refractivity contribution in [3.63, 3.8) is 0 Å². The summed E-state index contributed by atoms with van der Waals surface area (Å²) in [6.45, 7) is 6.77. The number of rotatable bonds is 3. The van der Waals surface area contributed by atoms with Gasteiger partial charge >= 0.3 is 0 Å². The van der Waals surface area contributed by atoms with Gasteiger partial charge in [-0.2, -0.15) is 0 Å². The van der Waals surface area contributed by atoms with Crippen LogP contribution in [-0.4, -0.2) is 0 Å². The van der Waals surface area contributed by atoms with Gasteiger partial charge in [0.25, 0.3) is 0 Å². The first-order valence-electron chi connectivity index (χ1n) is 4.90. The molecule has 0 aromatic heterocycles. The smallest absolute Gasteiger partial charge is 0.0406 e. The molecule has 1 aromatic rings. The molecular formula is C12H17Cl. The predicted octanol–water partition coefficient (Wildman–Crippen LogP) is 4.49. The summed E-state index contributed by atoms with van der Waals surface area (Å²) in [5, 5.41) is 0.822. The molecule has 0 aliphatic heterocycles. The zero-order valence-electron chi connectivity index (χ0n) is 8.55. The van der Waals surface area contributed by atoms with Crippen LogP contribution in [0.1, 0.15) is 38.7 Å². The second kappa shape index (κ2) is 4.66. The van der Waals surface area contributed by atoms with E-state index in [0.29, 0.717) is 11.8 Å². The van der Waals surface area contributed by atoms with Gasteiger partial charge in [-0.25, -0.2) is 0 Å². The molecule has 0 N–H and O–H groups in total. The van der Waals surface area contributed by atoms with E-state index in [1.165, 1.54) is 12.0 Å². The highest BCUT2D eigenvalue weighted by Gasteiger charge is 2.12. The van der Waals surface area contributed by atoms with E-state index in [2.05, 4.69) is 32.9 Å². The van der Waals surface area contributed by atoms with Gasteiger partial charge in [-0.05, 0) is 36.0 Å². The molecule has 0 amide bonds. The highest BCUT2D eigenvalue weighted by atomic mass is 35.5. The largest absolute Gasteiger partial charge is 0.0843 e. The van der Waals surface area contributed by atoms with Gasteiger partial charge < -0.3 is 0 Å². The monoisotopic (exact) mass is 196 g/mol. The van der Waals surface area contributed by atoms with Crippen LogP contribution in [0.3, 0.4) is 0 Å². The number of hydrogen-bond donors (Lipinski definition) is 0. The van der Waals surface area contributed by atoms with Crippen molar-refractivity contribution in [2.45, 2.75) is 33.1 Å². The van der Waals surface area contributed by atoms with E-state index >= 15 is 0 Å². The Balaban J connectivity index is 2.86. The Labute approximate surface area is 85.9 Å². The van der Waals surface area contributed by atoms with Gasteiger partial charge in [-0.15, -0.1) is 0 Å². The number of halogens is 1. The third-order valence-electron chi connectivity index (χ3n) is 2.54. The summed E-state index contributed by atoms with van der Waals surface area (Å²) >= 11 is 5.84. The minimum Gasteiger partial charge on any atom is -0.0843 e. The summed E-state index contributed by atoms with van der Waals surface area (Å²) in [4.78, 5) is 0. The molecule has 0 radical (unpaired) electrons. The maximum absolute atomic E-state index is 5.84. The number of benzene rings is 1. The highest BCUT2D eigenvalue weighted by molar-refractivity contribution is 6.30. The zero-order chi connectivity index (χ0) is 9.84. The molecule has 0 aliphatic rings. The van der Waals surface area contributed by atoms with Crippen LogP contribution in [0, 0.1) is 5.92 Å². The molecule has 0 saturated carbocycles. The molecule has 72 valence electrons. The van der Waals surface area contributed by atoms with Crippen molar-refractivity contribution in [3.05, 3.63) is 34.9 Å². The Hall–Kier alpha value is -0.490. The summed E-state index contributed by atoms with van der Waals surface area (Å²) in [6.07, 6.45) is 1.19. The van der Waals surface area contributed by atoms with Crippen molar-refractivity contribution >= 4 is 11.6 Å².